The minimum absolute atomic E-state index is 0.110. The molecule has 140 valence electrons. The Morgan fingerprint density at radius 2 is 1.89 bits per heavy atom. The first kappa shape index (κ1) is 18.7. The molecule has 3 rings (SSSR count). The molecule has 0 saturated heterocycles. The number of anilines is 1. The van der Waals surface area contributed by atoms with Crippen molar-refractivity contribution in [3.8, 4) is 17.6 Å². The molecule has 0 radical (unpaired) electrons. The van der Waals surface area contributed by atoms with E-state index in [1.165, 1.54) is 12.8 Å². The molecule has 0 bridgehead atoms. The lowest BCUT2D eigenvalue weighted by Crippen LogP contribution is -2.21. The summed E-state index contributed by atoms with van der Waals surface area (Å²) in [5.41, 5.74) is 14.7. The van der Waals surface area contributed by atoms with Crippen molar-refractivity contribution in [2.24, 2.45) is 5.73 Å². The largest absolute Gasteiger partial charge is 0.493 e. The van der Waals surface area contributed by atoms with Crippen molar-refractivity contribution in [1.29, 1.82) is 5.26 Å². The highest BCUT2D eigenvalue weighted by atomic mass is 16.5. The number of hydrogen-bond donors (Lipinski definition) is 2. The molecule has 4 N–H and O–H groups in total. The van der Waals surface area contributed by atoms with Crippen LogP contribution in [0, 0.1) is 11.3 Å². The topological polar surface area (TPSA) is 94.3 Å². The van der Waals surface area contributed by atoms with Crippen LogP contribution in [0.2, 0.25) is 0 Å². The highest BCUT2D eigenvalue weighted by Gasteiger charge is 2.32. The lowest BCUT2D eigenvalue weighted by molar-refractivity contribution is 0.301. The molecule has 5 nitrogen and oxygen atoms in total. The molecule has 1 atom stereocenters. The number of nitrogens with two attached hydrogens (primary N) is 2. The van der Waals surface area contributed by atoms with E-state index in [-0.39, 0.29) is 11.8 Å². The van der Waals surface area contributed by atoms with Crippen molar-refractivity contribution in [1.82, 2.24) is 0 Å². The number of nitrogen functional groups attached to an aromatic ring is 1. The normalized spacial score (nSPS) is 15.6. The summed E-state index contributed by atoms with van der Waals surface area (Å²) in [6.07, 6.45) is 4.55. The third-order valence-corrected chi connectivity index (χ3v) is 4.73. The van der Waals surface area contributed by atoms with Crippen LogP contribution in [0.1, 0.15) is 49.7 Å². The Morgan fingerprint density at radius 3 is 2.67 bits per heavy atom. The first-order valence-corrected chi connectivity index (χ1v) is 9.34. The second-order valence-corrected chi connectivity index (χ2v) is 6.67. The van der Waals surface area contributed by atoms with Gasteiger partial charge in [-0.15, -0.1) is 0 Å². The first-order valence-electron chi connectivity index (χ1n) is 9.34. The van der Waals surface area contributed by atoms with Gasteiger partial charge in [0.1, 0.15) is 23.1 Å². The fourth-order valence-corrected chi connectivity index (χ4v) is 3.35. The van der Waals surface area contributed by atoms with Crippen LogP contribution in [0.5, 0.6) is 11.5 Å². The van der Waals surface area contributed by atoms with Crippen molar-refractivity contribution in [2.45, 2.75) is 38.5 Å². The molecule has 0 spiro atoms. The highest BCUT2D eigenvalue weighted by molar-refractivity contribution is 5.61. The second kappa shape index (κ2) is 8.50. The number of ether oxygens (including phenoxy) is 2. The van der Waals surface area contributed by atoms with Crippen LogP contribution in [0.3, 0.4) is 0 Å². The number of nitrogens with zero attached hydrogens (tertiary/aromatic N) is 1. The summed E-state index contributed by atoms with van der Waals surface area (Å²) in [5, 5.41) is 9.70. The molecule has 2 aromatic carbocycles. The Hall–Kier alpha value is -3.13. The number of para-hydroxylation sites is 1. The van der Waals surface area contributed by atoms with E-state index in [4.69, 9.17) is 20.9 Å². The van der Waals surface area contributed by atoms with Crippen molar-refractivity contribution in [2.75, 3.05) is 12.3 Å². The number of nitriles is 1. The maximum atomic E-state index is 9.70. The Morgan fingerprint density at radius 1 is 1.07 bits per heavy atom. The molecule has 27 heavy (non-hydrogen) atoms. The van der Waals surface area contributed by atoms with Crippen LogP contribution < -0.4 is 20.9 Å². The van der Waals surface area contributed by atoms with Crippen LogP contribution in [-0.2, 0) is 0 Å². The fourth-order valence-electron chi connectivity index (χ4n) is 3.35. The summed E-state index contributed by atoms with van der Waals surface area (Å²) in [4.78, 5) is 0. The molecule has 0 aliphatic carbocycles. The molecule has 1 aliphatic heterocycles. The number of benzene rings is 2. The van der Waals surface area contributed by atoms with Gasteiger partial charge in [-0.05, 0) is 18.6 Å². The van der Waals surface area contributed by atoms with E-state index in [1.807, 2.05) is 30.3 Å². The molecule has 1 unspecified atom stereocenters. The van der Waals surface area contributed by atoms with Gasteiger partial charge in [0.05, 0.1) is 12.5 Å². The van der Waals surface area contributed by atoms with E-state index in [0.29, 0.717) is 23.6 Å². The second-order valence-electron chi connectivity index (χ2n) is 6.67. The van der Waals surface area contributed by atoms with Crippen molar-refractivity contribution in [3.63, 3.8) is 0 Å². The maximum Gasteiger partial charge on any atom is 0.205 e. The number of allylic oxidation sites excluding steroid dienone is 1. The SMILES string of the molecule is CCCCCCOc1ccccc1C1C(C#N)=C(N)Oc2cc(N)ccc21. The first-order chi connectivity index (χ1) is 13.2. The van der Waals surface area contributed by atoms with Gasteiger partial charge >= 0.3 is 0 Å². The number of hydrogen-bond acceptors (Lipinski definition) is 5. The average Bonchev–Trinajstić information content (AvgIpc) is 2.67. The van der Waals surface area contributed by atoms with Gasteiger partial charge in [-0.2, -0.15) is 5.26 Å². The fraction of sp³-hybridized carbons (Fsp3) is 0.318. The van der Waals surface area contributed by atoms with Crippen molar-refractivity contribution >= 4 is 5.69 Å². The lowest BCUT2D eigenvalue weighted by atomic mass is 9.83. The Balaban J connectivity index is 1.96. The molecule has 2 aromatic rings. The monoisotopic (exact) mass is 363 g/mol. The Labute approximate surface area is 160 Å². The van der Waals surface area contributed by atoms with Crippen LogP contribution >= 0.6 is 0 Å². The molecular formula is C22H25N3O2. The molecule has 1 heterocycles. The zero-order valence-electron chi connectivity index (χ0n) is 15.6. The molecule has 0 fully saturated rings. The van der Waals surface area contributed by atoms with Crippen LogP contribution in [0.15, 0.2) is 53.9 Å². The van der Waals surface area contributed by atoms with E-state index in [2.05, 4.69) is 13.0 Å². The summed E-state index contributed by atoms with van der Waals surface area (Å²) in [5.74, 6) is 1.11. The van der Waals surface area contributed by atoms with E-state index >= 15 is 0 Å². The van der Waals surface area contributed by atoms with E-state index < -0.39 is 0 Å². The summed E-state index contributed by atoms with van der Waals surface area (Å²) >= 11 is 0. The molecule has 0 saturated carbocycles. The van der Waals surface area contributed by atoms with Crippen LogP contribution in [0.4, 0.5) is 5.69 Å². The van der Waals surface area contributed by atoms with Crippen molar-refractivity contribution in [3.05, 3.63) is 65.0 Å². The zero-order valence-corrected chi connectivity index (χ0v) is 15.6. The molecular weight excluding hydrogens is 338 g/mol. The summed E-state index contributed by atoms with van der Waals surface area (Å²) in [6, 6.07) is 15.4. The van der Waals surface area contributed by atoms with Gasteiger partial charge in [0.15, 0.2) is 0 Å². The third-order valence-electron chi connectivity index (χ3n) is 4.73. The van der Waals surface area contributed by atoms with Crippen molar-refractivity contribution < 1.29 is 9.47 Å². The molecule has 1 aliphatic rings. The lowest BCUT2D eigenvalue weighted by Gasteiger charge is -2.27. The quantitative estimate of drug-likeness (QED) is 0.560. The van der Waals surface area contributed by atoms with Gasteiger partial charge in [0.2, 0.25) is 5.88 Å². The highest BCUT2D eigenvalue weighted by Crippen LogP contribution is 2.45. The summed E-state index contributed by atoms with van der Waals surface area (Å²) < 4.78 is 11.7. The van der Waals surface area contributed by atoms with E-state index in [1.54, 1.807) is 12.1 Å². The smallest absolute Gasteiger partial charge is 0.205 e. The van der Waals surface area contributed by atoms with Gasteiger partial charge in [-0.3, -0.25) is 0 Å². The number of fused-ring (bicyclic) bond motifs is 1. The maximum absolute atomic E-state index is 9.70. The minimum Gasteiger partial charge on any atom is -0.493 e. The van der Waals surface area contributed by atoms with Gasteiger partial charge in [-0.25, -0.2) is 0 Å². The summed E-state index contributed by atoms with van der Waals surface area (Å²) in [6.45, 7) is 2.83. The van der Waals surface area contributed by atoms with E-state index in [9.17, 15) is 5.26 Å². The number of unbranched alkanes of at least 4 members (excludes halogenated alkanes) is 3. The Bertz CT molecular complexity index is 883. The standard InChI is InChI=1S/C22H25N3O2/c1-2-3-4-7-12-26-19-9-6-5-8-16(19)21-17-11-10-15(24)13-20(17)27-22(25)18(21)14-23/h5-6,8-11,13,21H,2-4,7,12,24-25H2,1H3. The third kappa shape index (κ3) is 4.01. The predicted octanol–water partition coefficient (Wildman–Crippen LogP) is 4.45. The predicted molar refractivity (Wildman–Crippen MR) is 106 cm³/mol. The van der Waals surface area contributed by atoms with Gasteiger partial charge in [0.25, 0.3) is 0 Å². The minimum atomic E-state index is -0.341. The average molecular weight is 363 g/mol. The molecule has 0 amide bonds. The Kier molecular flexibility index (Phi) is 5.87. The molecule has 5 heteroatoms. The summed E-state index contributed by atoms with van der Waals surface area (Å²) in [7, 11) is 0. The van der Waals surface area contributed by atoms with Crippen LogP contribution in [0.25, 0.3) is 0 Å². The van der Waals surface area contributed by atoms with Crippen LogP contribution in [-0.4, -0.2) is 6.61 Å². The number of rotatable bonds is 7. The molecule has 0 aromatic heterocycles. The zero-order chi connectivity index (χ0) is 19.2. The van der Waals surface area contributed by atoms with E-state index in [0.717, 1.165) is 29.7 Å². The van der Waals surface area contributed by atoms with Gasteiger partial charge < -0.3 is 20.9 Å². The van der Waals surface area contributed by atoms with Gasteiger partial charge in [-0.1, -0.05) is 50.5 Å². The van der Waals surface area contributed by atoms with Gasteiger partial charge in [0, 0.05) is 22.9 Å².